The first-order valence-corrected chi connectivity index (χ1v) is 9.96. The van der Waals surface area contributed by atoms with Crippen LogP contribution in [0.2, 0.25) is 0 Å². The summed E-state index contributed by atoms with van der Waals surface area (Å²) >= 11 is 0. The van der Waals surface area contributed by atoms with Crippen molar-refractivity contribution in [1.82, 2.24) is 0 Å². The molecule has 7 atom stereocenters. The summed E-state index contributed by atoms with van der Waals surface area (Å²) in [4.78, 5) is 24.3. The highest BCUT2D eigenvalue weighted by Crippen LogP contribution is 2.67. The van der Waals surface area contributed by atoms with Crippen LogP contribution in [0.1, 0.15) is 58.8 Å². The van der Waals surface area contributed by atoms with Gasteiger partial charge in [0, 0.05) is 11.8 Å². The maximum absolute atomic E-state index is 12.4. The molecule has 0 saturated heterocycles. The van der Waals surface area contributed by atoms with Gasteiger partial charge in [-0.05, 0) is 67.8 Å². The topological polar surface area (TPSA) is 94.8 Å². The average molecular weight is 362 g/mol. The molecule has 0 aliphatic heterocycles. The maximum Gasteiger partial charge on any atom is 0.190 e. The monoisotopic (exact) mass is 362 g/mol. The SMILES string of the molecule is C[C@]12CCC(=O)C=C1CCC1C2[C@H](O)C[C@@]2(C)C1CC[C@]2(O)C(=O)CO. The highest BCUT2D eigenvalue weighted by molar-refractivity contribution is 5.91. The number of aliphatic hydroxyl groups is 3. The lowest BCUT2D eigenvalue weighted by Gasteiger charge is -2.60. The van der Waals surface area contributed by atoms with Crippen LogP contribution in [0.25, 0.3) is 0 Å². The Labute approximate surface area is 154 Å². The summed E-state index contributed by atoms with van der Waals surface area (Å²) in [7, 11) is 0. The molecule has 5 nitrogen and oxygen atoms in total. The molecule has 0 aromatic rings. The second-order valence-electron chi connectivity index (χ2n) is 9.56. The van der Waals surface area contributed by atoms with Gasteiger partial charge in [-0.15, -0.1) is 0 Å². The number of carbonyl (C=O) groups excluding carboxylic acids is 2. The second kappa shape index (κ2) is 5.73. The van der Waals surface area contributed by atoms with Crippen LogP contribution in [-0.4, -0.2) is 45.2 Å². The molecule has 0 bridgehead atoms. The summed E-state index contributed by atoms with van der Waals surface area (Å²) in [5.41, 5.74) is -1.23. The largest absolute Gasteiger partial charge is 0.393 e. The fraction of sp³-hybridized carbons (Fsp3) is 0.810. The minimum Gasteiger partial charge on any atom is -0.393 e. The Morgan fingerprint density at radius 3 is 2.65 bits per heavy atom. The Hall–Kier alpha value is -1.04. The molecular weight excluding hydrogens is 332 g/mol. The normalized spacial score (nSPS) is 50.5. The zero-order chi connectivity index (χ0) is 18.9. The van der Waals surface area contributed by atoms with E-state index in [-0.39, 0.29) is 29.0 Å². The molecule has 144 valence electrons. The molecule has 4 aliphatic carbocycles. The summed E-state index contributed by atoms with van der Waals surface area (Å²) in [6.07, 6.45) is 5.74. The lowest BCUT2D eigenvalue weighted by Crippen LogP contribution is -2.62. The van der Waals surface area contributed by atoms with Gasteiger partial charge in [0.1, 0.15) is 12.2 Å². The smallest absolute Gasteiger partial charge is 0.190 e. The fourth-order valence-electron chi connectivity index (χ4n) is 7.28. The van der Waals surface area contributed by atoms with E-state index in [9.17, 15) is 24.9 Å². The number of fused-ring (bicyclic) bond motifs is 5. The van der Waals surface area contributed by atoms with Gasteiger partial charge in [0.15, 0.2) is 11.6 Å². The molecule has 0 amide bonds. The Bertz CT molecular complexity index is 684. The highest BCUT2D eigenvalue weighted by atomic mass is 16.3. The number of aliphatic hydroxyl groups excluding tert-OH is 2. The highest BCUT2D eigenvalue weighted by Gasteiger charge is 2.68. The number of Topliss-reactive ketones (excluding diaryl/α,β-unsaturated/α-hetero) is 1. The van der Waals surface area contributed by atoms with E-state index >= 15 is 0 Å². The third-order valence-corrected chi connectivity index (χ3v) is 8.65. The van der Waals surface area contributed by atoms with Crippen molar-refractivity contribution < 1.29 is 24.9 Å². The van der Waals surface area contributed by atoms with Gasteiger partial charge in [-0.2, -0.15) is 0 Å². The molecule has 26 heavy (non-hydrogen) atoms. The van der Waals surface area contributed by atoms with Gasteiger partial charge >= 0.3 is 0 Å². The van der Waals surface area contributed by atoms with E-state index in [1.165, 1.54) is 5.57 Å². The van der Waals surface area contributed by atoms with Gasteiger partial charge in [0.2, 0.25) is 0 Å². The van der Waals surface area contributed by atoms with Crippen LogP contribution in [0.15, 0.2) is 11.6 Å². The van der Waals surface area contributed by atoms with Crippen LogP contribution in [0.4, 0.5) is 0 Å². The van der Waals surface area contributed by atoms with Crippen molar-refractivity contribution in [2.75, 3.05) is 6.61 Å². The first-order valence-electron chi connectivity index (χ1n) is 9.96. The van der Waals surface area contributed by atoms with E-state index in [0.29, 0.717) is 19.3 Å². The van der Waals surface area contributed by atoms with E-state index in [0.717, 1.165) is 25.7 Å². The molecule has 4 rings (SSSR count). The number of ketones is 2. The number of hydrogen-bond acceptors (Lipinski definition) is 5. The lowest BCUT2D eigenvalue weighted by molar-refractivity contribution is -0.182. The van der Waals surface area contributed by atoms with Crippen LogP contribution < -0.4 is 0 Å². The van der Waals surface area contributed by atoms with Crippen molar-refractivity contribution in [1.29, 1.82) is 0 Å². The standard InChI is InChI=1S/C21H30O5/c1-19-7-5-13(23)9-12(19)3-4-14-15-6-8-21(26,17(25)11-22)20(15,2)10-16(24)18(14)19/h9,14-16,18,22,24,26H,3-8,10-11H2,1-2H3/t14?,15?,16-,18?,19+,20+,21+/m1/s1. The van der Waals surface area contributed by atoms with Crippen molar-refractivity contribution in [3.63, 3.8) is 0 Å². The average Bonchev–Trinajstić information content (AvgIpc) is 2.86. The Kier molecular flexibility index (Phi) is 4.04. The van der Waals surface area contributed by atoms with Gasteiger partial charge in [0.25, 0.3) is 0 Å². The van der Waals surface area contributed by atoms with Crippen molar-refractivity contribution >= 4 is 11.6 Å². The van der Waals surface area contributed by atoms with Gasteiger partial charge in [-0.3, -0.25) is 9.59 Å². The second-order valence-corrected chi connectivity index (χ2v) is 9.56. The van der Waals surface area contributed by atoms with E-state index < -0.39 is 29.5 Å². The molecule has 0 heterocycles. The predicted molar refractivity (Wildman–Crippen MR) is 95.1 cm³/mol. The van der Waals surface area contributed by atoms with Crippen molar-refractivity contribution in [3.05, 3.63) is 11.6 Å². The maximum atomic E-state index is 12.4. The van der Waals surface area contributed by atoms with E-state index in [4.69, 9.17) is 0 Å². The molecular formula is C21H30O5. The molecule has 3 saturated carbocycles. The number of carbonyl (C=O) groups is 2. The Morgan fingerprint density at radius 1 is 1.23 bits per heavy atom. The number of allylic oxidation sites excluding steroid dienone is 1. The fourth-order valence-corrected chi connectivity index (χ4v) is 7.28. The summed E-state index contributed by atoms with van der Waals surface area (Å²) in [6, 6.07) is 0. The van der Waals surface area contributed by atoms with Crippen molar-refractivity contribution in [2.45, 2.75) is 70.5 Å². The van der Waals surface area contributed by atoms with Gasteiger partial charge in [-0.1, -0.05) is 19.4 Å². The summed E-state index contributed by atoms with van der Waals surface area (Å²) in [5.74, 6) is 0.140. The van der Waals surface area contributed by atoms with Gasteiger partial charge < -0.3 is 15.3 Å². The summed E-state index contributed by atoms with van der Waals surface area (Å²) in [5, 5.41) is 31.7. The number of hydrogen-bond donors (Lipinski definition) is 3. The van der Waals surface area contributed by atoms with Crippen LogP contribution in [-0.2, 0) is 9.59 Å². The molecule has 0 aromatic carbocycles. The quantitative estimate of drug-likeness (QED) is 0.696. The zero-order valence-corrected chi connectivity index (χ0v) is 15.7. The lowest BCUT2D eigenvalue weighted by atomic mass is 9.45. The first kappa shape index (κ1) is 18.3. The van der Waals surface area contributed by atoms with Gasteiger partial charge in [0.05, 0.1) is 6.10 Å². The number of rotatable bonds is 2. The van der Waals surface area contributed by atoms with Crippen LogP contribution in [0.3, 0.4) is 0 Å². The van der Waals surface area contributed by atoms with E-state index in [1.54, 1.807) is 6.08 Å². The zero-order valence-electron chi connectivity index (χ0n) is 15.7. The summed E-state index contributed by atoms with van der Waals surface area (Å²) in [6.45, 7) is 3.46. The van der Waals surface area contributed by atoms with Crippen LogP contribution in [0.5, 0.6) is 0 Å². The van der Waals surface area contributed by atoms with Crippen LogP contribution >= 0.6 is 0 Å². The first-order chi connectivity index (χ1) is 12.2. The molecule has 0 radical (unpaired) electrons. The van der Waals surface area contributed by atoms with E-state index in [2.05, 4.69) is 6.92 Å². The minimum atomic E-state index is -1.54. The molecule has 3 N–H and O–H groups in total. The van der Waals surface area contributed by atoms with Gasteiger partial charge in [-0.25, -0.2) is 0 Å². The third-order valence-electron chi connectivity index (χ3n) is 8.65. The minimum absolute atomic E-state index is 0.0697. The predicted octanol–water partition coefficient (Wildman–Crippen LogP) is 1.78. The molecule has 3 fully saturated rings. The van der Waals surface area contributed by atoms with Crippen molar-refractivity contribution in [2.24, 2.45) is 28.6 Å². The summed E-state index contributed by atoms with van der Waals surface area (Å²) < 4.78 is 0. The molecule has 4 aliphatic rings. The van der Waals surface area contributed by atoms with Crippen LogP contribution in [0, 0.1) is 28.6 Å². The molecule has 0 spiro atoms. The van der Waals surface area contributed by atoms with Crippen molar-refractivity contribution in [3.8, 4) is 0 Å². The third kappa shape index (κ3) is 2.14. The Balaban J connectivity index is 1.74. The molecule has 3 unspecified atom stereocenters. The van der Waals surface area contributed by atoms with E-state index in [1.807, 2.05) is 6.92 Å². The molecule has 0 aromatic heterocycles. The Morgan fingerprint density at radius 2 is 1.96 bits per heavy atom. The molecule has 5 heteroatoms.